The van der Waals surface area contributed by atoms with Gasteiger partial charge in [-0.05, 0) is 30.2 Å². The van der Waals surface area contributed by atoms with Gasteiger partial charge in [0.2, 0.25) is 0 Å². The lowest BCUT2D eigenvalue weighted by Crippen LogP contribution is -2.40. The summed E-state index contributed by atoms with van der Waals surface area (Å²) < 4.78 is 2.25. The molecule has 1 aromatic heterocycles. The highest BCUT2D eigenvalue weighted by Crippen LogP contribution is 2.15. The van der Waals surface area contributed by atoms with Gasteiger partial charge in [0.25, 0.3) is 5.56 Å². The van der Waals surface area contributed by atoms with Crippen LogP contribution in [0.5, 0.6) is 5.75 Å². The van der Waals surface area contributed by atoms with Crippen molar-refractivity contribution in [2.24, 2.45) is 7.05 Å². The molecule has 0 bridgehead atoms. The molecule has 0 saturated heterocycles. The van der Waals surface area contributed by atoms with Gasteiger partial charge in [0.15, 0.2) is 0 Å². The zero-order chi connectivity index (χ0) is 20.8. The molecule has 0 aliphatic heterocycles. The SMILES string of the molecule is Cn1c(=O)c(NCCc2ccccc2)c(Cl)n(CC#Cc2cccc(O)c2)c1=O. The molecule has 0 unspecified atom stereocenters. The van der Waals surface area contributed by atoms with E-state index in [4.69, 9.17) is 11.6 Å². The van der Waals surface area contributed by atoms with Gasteiger partial charge in [0, 0.05) is 19.2 Å². The highest BCUT2D eigenvalue weighted by atomic mass is 35.5. The summed E-state index contributed by atoms with van der Waals surface area (Å²) in [5.41, 5.74) is 0.881. The Morgan fingerprint density at radius 3 is 2.59 bits per heavy atom. The Morgan fingerprint density at radius 2 is 1.86 bits per heavy atom. The van der Waals surface area contributed by atoms with E-state index in [0.717, 1.165) is 10.1 Å². The van der Waals surface area contributed by atoms with Gasteiger partial charge in [0.1, 0.15) is 16.6 Å². The zero-order valence-electron chi connectivity index (χ0n) is 15.9. The quantitative estimate of drug-likeness (QED) is 0.501. The first kappa shape index (κ1) is 20.3. The first-order valence-corrected chi connectivity index (χ1v) is 9.40. The van der Waals surface area contributed by atoms with Crippen LogP contribution in [0.4, 0.5) is 5.69 Å². The topological polar surface area (TPSA) is 76.3 Å². The van der Waals surface area contributed by atoms with Crippen LogP contribution in [0.3, 0.4) is 0 Å². The third-order valence-electron chi connectivity index (χ3n) is 4.35. The van der Waals surface area contributed by atoms with Gasteiger partial charge in [-0.3, -0.25) is 13.9 Å². The molecular weight excluding hydrogens is 390 g/mol. The van der Waals surface area contributed by atoms with Crippen LogP contribution in [0.15, 0.2) is 64.2 Å². The second-order valence-corrected chi connectivity index (χ2v) is 6.77. The van der Waals surface area contributed by atoms with Crippen molar-refractivity contribution in [3.8, 4) is 17.6 Å². The van der Waals surface area contributed by atoms with Crippen LogP contribution in [-0.2, 0) is 20.0 Å². The molecule has 6 nitrogen and oxygen atoms in total. The van der Waals surface area contributed by atoms with E-state index in [1.807, 2.05) is 30.3 Å². The van der Waals surface area contributed by atoms with Crippen molar-refractivity contribution in [1.82, 2.24) is 9.13 Å². The lowest BCUT2D eigenvalue weighted by atomic mass is 10.1. The average Bonchev–Trinajstić information content (AvgIpc) is 2.72. The number of aromatic hydroxyl groups is 1. The maximum Gasteiger partial charge on any atom is 0.332 e. The van der Waals surface area contributed by atoms with E-state index in [0.29, 0.717) is 18.5 Å². The smallest absolute Gasteiger partial charge is 0.332 e. The number of hydrogen-bond donors (Lipinski definition) is 2. The molecule has 3 aromatic rings. The van der Waals surface area contributed by atoms with Crippen LogP contribution in [0.1, 0.15) is 11.1 Å². The van der Waals surface area contributed by atoms with Gasteiger partial charge in [-0.15, -0.1) is 0 Å². The summed E-state index contributed by atoms with van der Waals surface area (Å²) in [5, 5.41) is 12.6. The molecule has 0 spiro atoms. The number of phenolic OH excluding ortho intramolecular Hbond substituents is 1. The van der Waals surface area contributed by atoms with E-state index in [1.165, 1.54) is 17.7 Å². The Labute approximate surface area is 173 Å². The number of aromatic nitrogens is 2. The predicted molar refractivity (Wildman–Crippen MR) is 115 cm³/mol. The molecule has 0 saturated carbocycles. The van der Waals surface area contributed by atoms with Gasteiger partial charge in [-0.1, -0.05) is 59.8 Å². The van der Waals surface area contributed by atoms with Crippen molar-refractivity contribution in [2.45, 2.75) is 13.0 Å². The Kier molecular flexibility index (Phi) is 6.43. The fourth-order valence-corrected chi connectivity index (χ4v) is 3.09. The molecular formula is C22H20ClN3O3. The van der Waals surface area contributed by atoms with Crippen molar-refractivity contribution in [2.75, 3.05) is 11.9 Å². The number of halogens is 1. The van der Waals surface area contributed by atoms with Crippen molar-refractivity contribution < 1.29 is 5.11 Å². The summed E-state index contributed by atoms with van der Waals surface area (Å²) in [6.45, 7) is 0.501. The number of hydrogen-bond acceptors (Lipinski definition) is 4. The molecule has 0 fully saturated rings. The molecule has 0 aliphatic carbocycles. The molecule has 0 amide bonds. The van der Waals surface area contributed by atoms with E-state index in [1.54, 1.807) is 18.2 Å². The van der Waals surface area contributed by atoms with E-state index in [-0.39, 0.29) is 23.1 Å². The lowest BCUT2D eigenvalue weighted by molar-refractivity contribution is 0.475. The third-order valence-corrected chi connectivity index (χ3v) is 4.75. The van der Waals surface area contributed by atoms with Crippen molar-refractivity contribution >= 4 is 17.3 Å². The number of nitrogens with zero attached hydrogens (tertiary/aromatic N) is 2. The molecule has 1 heterocycles. The summed E-state index contributed by atoms with van der Waals surface area (Å²) in [4.78, 5) is 24.9. The van der Waals surface area contributed by atoms with Gasteiger partial charge in [-0.2, -0.15) is 0 Å². The van der Waals surface area contributed by atoms with Crippen molar-refractivity contribution in [3.63, 3.8) is 0 Å². The molecule has 0 aliphatic rings. The van der Waals surface area contributed by atoms with Crippen molar-refractivity contribution in [1.29, 1.82) is 0 Å². The first-order chi connectivity index (χ1) is 14.0. The maximum absolute atomic E-state index is 12.5. The Morgan fingerprint density at radius 1 is 1.10 bits per heavy atom. The number of anilines is 1. The van der Waals surface area contributed by atoms with Gasteiger partial charge < -0.3 is 10.4 Å². The monoisotopic (exact) mass is 409 g/mol. The standard InChI is InChI=1S/C22H20ClN3O3/c1-25-21(28)19(24-13-12-16-7-3-2-4-8-16)20(23)26(22(25)29)14-6-10-17-9-5-11-18(27)15-17/h2-5,7-9,11,15,24,27H,12-14H2,1H3. The molecule has 29 heavy (non-hydrogen) atoms. The van der Waals surface area contributed by atoms with Crippen LogP contribution < -0.4 is 16.6 Å². The molecule has 0 radical (unpaired) electrons. The minimum absolute atomic E-state index is 0.00874. The Hall–Kier alpha value is -3.43. The van der Waals surface area contributed by atoms with Crippen LogP contribution in [0.2, 0.25) is 5.15 Å². The maximum atomic E-state index is 12.5. The molecule has 0 atom stereocenters. The average molecular weight is 410 g/mol. The number of rotatable bonds is 5. The fraction of sp³-hybridized carbons (Fsp3) is 0.182. The van der Waals surface area contributed by atoms with E-state index in [2.05, 4.69) is 17.2 Å². The summed E-state index contributed by atoms with van der Waals surface area (Å²) >= 11 is 6.36. The molecule has 148 valence electrons. The first-order valence-electron chi connectivity index (χ1n) is 9.02. The van der Waals surface area contributed by atoms with Crippen LogP contribution in [0, 0.1) is 11.8 Å². The summed E-state index contributed by atoms with van der Waals surface area (Å²) in [6.07, 6.45) is 0.705. The minimum Gasteiger partial charge on any atom is -0.508 e. The zero-order valence-corrected chi connectivity index (χ0v) is 16.6. The molecule has 2 aromatic carbocycles. The van der Waals surface area contributed by atoms with E-state index >= 15 is 0 Å². The normalized spacial score (nSPS) is 10.3. The largest absolute Gasteiger partial charge is 0.508 e. The number of benzene rings is 2. The summed E-state index contributed by atoms with van der Waals surface area (Å²) in [6, 6.07) is 16.3. The number of nitrogens with one attached hydrogen (secondary N) is 1. The Bertz CT molecular complexity index is 1190. The van der Waals surface area contributed by atoms with Crippen LogP contribution >= 0.6 is 11.6 Å². The predicted octanol–water partition coefficient (Wildman–Crippen LogP) is 2.61. The highest BCUT2D eigenvalue weighted by molar-refractivity contribution is 6.32. The fourth-order valence-electron chi connectivity index (χ4n) is 2.81. The minimum atomic E-state index is -0.543. The lowest BCUT2D eigenvalue weighted by Gasteiger charge is -2.13. The van der Waals surface area contributed by atoms with E-state index < -0.39 is 11.2 Å². The van der Waals surface area contributed by atoms with E-state index in [9.17, 15) is 14.7 Å². The van der Waals surface area contributed by atoms with Crippen LogP contribution in [-0.4, -0.2) is 20.8 Å². The van der Waals surface area contributed by atoms with Gasteiger partial charge in [-0.25, -0.2) is 4.79 Å². The molecule has 2 N–H and O–H groups in total. The van der Waals surface area contributed by atoms with Gasteiger partial charge in [0.05, 0.1) is 6.54 Å². The molecule has 7 heteroatoms. The third kappa shape index (κ3) is 4.89. The van der Waals surface area contributed by atoms with Crippen molar-refractivity contribution in [3.05, 3.63) is 91.7 Å². The Balaban J connectivity index is 1.82. The second kappa shape index (κ2) is 9.18. The van der Waals surface area contributed by atoms with Gasteiger partial charge >= 0.3 is 5.69 Å². The molecule has 3 rings (SSSR count). The second-order valence-electron chi connectivity index (χ2n) is 6.41. The number of phenols is 1. The summed E-state index contributed by atoms with van der Waals surface area (Å²) in [5.74, 6) is 5.84. The highest BCUT2D eigenvalue weighted by Gasteiger charge is 2.15. The van der Waals surface area contributed by atoms with Crippen LogP contribution in [0.25, 0.3) is 0 Å². The summed E-state index contributed by atoms with van der Waals surface area (Å²) in [7, 11) is 1.41.